The number of amides is 1. The van der Waals surface area contributed by atoms with E-state index < -0.39 is 10.8 Å². The summed E-state index contributed by atoms with van der Waals surface area (Å²) in [4.78, 5) is 22.2. The number of benzene rings is 2. The molecule has 0 aliphatic rings. The van der Waals surface area contributed by atoms with Crippen molar-refractivity contribution in [2.75, 3.05) is 0 Å². The summed E-state index contributed by atoms with van der Waals surface area (Å²) < 4.78 is 13.0. The molecule has 1 amide bonds. The Balaban J connectivity index is 1.73. The highest BCUT2D eigenvalue weighted by molar-refractivity contribution is 5.96. The van der Waals surface area contributed by atoms with Gasteiger partial charge in [-0.05, 0) is 30.3 Å². The van der Waals surface area contributed by atoms with Gasteiger partial charge in [0.1, 0.15) is 5.82 Å². The van der Waals surface area contributed by atoms with Crippen molar-refractivity contribution < 1.29 is 14.1 Å². The summed E-state index contributed by atoms with van der Waals surface area (Å²) in [5.74, 6) is -0.940. The molecule has 1 heterocycles. The number of rotatable bonds is 5. The van der Waals surface area contributed by atoms with E-state index in [4.69, 9.17) is 0 Å². The van der Waals surface area contributed by atoms with E-state index in [9.17, 15) is 19.3 Å². The van der Waals surface area contributed by atoms with Gasteiger partial charge in [0, 0.05) is 28.8 Å². The Labute approximate surface area is 146 Å². The van der Waals surface area contributed by atoms with E-state index in [1.54, 1.807) is 12.1 Å². The number of aromatic amines is 1. The minimum absolute atomic E-state index is 0.113. The van der Waals surface area contributed by atoms with Crippen LogP contribution in [0.25, 0.3) is 11.3 Å². The molecule has 26 heavy (non-hydrogen) atoms. The third-order valence-electron chi connectivity index (χ3n) is 3.49. The molecule has 2 N–H and O–H groups in total. The second-order valence-corrected chi connectivity index (χ2v) is 5.21. The molecule has 8 nitrogen and oxygen atoms in total. The van der Waals surface area contributed by atoms with Gasteiger partial charge in [0.05, 0.1) is 23.0 Å². The molecule has 9 heteroatoms. The number of hydrogen-bond donors (Lipinski definition) is 2. The smallest absolute Gasteiger partial charge is 0.271 e. The third kappa shape index (κ3) is 3.78. The normalized spacial score (nSPS) is 10.8. The Hall–Kier alpha value is -3.88. The lowest BCUT2D eigenvalue weighted by molar-refractivity contribution is -0.384. The third-order valence-corrected chi connectivity index (χ3v) is 3.49. The number of aromatic nitrogens is 2. The molecule has 0 saturated heterocycles. The van der Waals surface area contributed by atoms with Gasteiger partial charge >= 0.3 is 0 Å². The van der Waals surface area contributed by atoms with E-state index in [1.165, 1.54) is 42.7 Å². The molecule has 2 aromatic carbocycles. The Morgan fingerprint density at radius 3 is 2.77 bits per heavy atom. The van der Waals surface area contributed by atoms with E-state index in [0.29, 0.717) is 16.8 Å². The van der Waals surface area contributed by atoms with Gasteiger partial charge in [-0.15, -0.1) is 0 Å². The lowest BCUT2D eigenvalue weighted by Crippen LogP contribution is -2.17. The van der Waals surface area contributed by atoms with E-state index in [2.05, 4.69) is 20.7 Å². The van der Waals surface area contributed by atoms with Crippen LogP contribution >= 0.6 is 0 Å². The van der Waals surface area contributed by atoms with Crippen molar-refractivity contribution in [2.45, 2.75) is 0 Å². The molecule has 130 valence electrons. The highest BCUT2D eigenvalue weighted by Gasteiger charge is 2.11. The van der Waals surface area contributed by atoms with Crippen molar-refractivity contribution in [3.05, 3.63) is 81.8 Å². The summed E-state index contributed by atoms with van der Waals surface area (Å²) in [5, 5.41) is 21.3. The Kier molecular flexibility index (Phi) is 4.79. The molecule has 0 radical (unpaired) electrons. The first-order valence-corrected chi connectivity index (χ1v) is 7.42. The van der Waals surface area contributed by atoms with Gasteiger partial charge in [0.2, 0.25) is 0 Å². The summed E-state index contributed by atoms with van der Waals surface area (Å²) in [6, 6.07) is 11.1. The predicted octanol–water partition coefficient (Wildman–Crippen LogP) is 2.89. The minimum atomic E-state index is -0.586. The van der Waals surface area contributed by atoms with Crippen LogP contribution in [0.15, 0.2) is 59.8 Å². The first-order chi connectivity index (χ1) is 12.5. The van der Waals surface area contributed by atoms with Crippen molar-refractivity contribution >= 4 is 17.8 Å². The van der Waals surface area contributed by atoms with Crippen LogP contribution in [0.5, 0.6) is 0 Å². The SMILES string of the molecule is O=C(N/N=C\c1cn[nH]c1-c1ccc(F)cc1)c1cccc([N+](=O)[O-])c1. The fourth-order valence-corrected chi connectivity index (χ4v) is 2.23. The molecule has 0 atom stereocenters. The van der Waals surface area contributed by atoms with Crippen LogP contribution in [-0.4, -0.2) is 27.2 Å². The number of non-ortho nitro benzene ring substituents is 1. The zero-order valence-electron chi connectivity index (χ0n) is 13.2. The molecule has 3 rings (SSSR count). The second-order valence-electron chi connectivity index (χ2n) is 5.21. The number of nitro benzene ring substituents is 1. The van der Waals surface area contributed by atoms with Gasteiger partial charge in [-0.3, -0.25) is 20.0 Å². The molecule has 1 aromatic heterocycles. The van der Waals surface area contributed by atoms with Crippen molar-refractivity contribution in [1.82, 2.24) is 15.6 Å². The number of carbonyl (C=O) groups excluding carboxylic acids is 1. The maximum atomic E-state index is 13.0. The molecular weight excluding hydrogens is 341 g/mol. The number of hydrogen-bond acceptors (Lipinski definition) is 5. The van der Waals surface area contributed by atoms with E-state index >= 15 is 0 Å². The van der Waals surface area contributed by atoms with E-state index in [1.807, 2.05) is 0 Å². The van der Waals surface area contributed by atoms with Gasteiger partial charge in [-0.2, -0.15) is 10.2 Å². The quantitative estimate of drug-likeness (QED) is 0.417. The summed E-state index contributed by atoms with van der Waals surface area (Å²) >= 11 is 0. The molecule has 0 unspecified atom stereocenters. The molecular formula is C17H12FN5O3. The maximum absolute atomic E-state index is 13.0. The van der Waals surface area contributed by atoms with Crippen LogP contribution < -0.4 is 5.43 Å². The van der Waals surface area contributed by atoms with Gasteiger partial charge in [-0.25, -0.2) is 9.82 Å². The second kappa shape index (κ2) is 7.34. The molecule has 0 aliphatic heterocycles. The Morgan fingerprint density at radius 2 is 2.04 bits per heavy atom. The molecule has 0 aliphatic carbocycles. The fourth-order valence-electron chi connectivity index (χ4n) is 2.23. The lowest BCUT2D eigenvalue weighted by atomic mass is 10.1. The van der Waals surface area contributed by atoms with Crippen LogP contribution in [0.2, 0.25) is 0 Å². The van der Waals surface area contributed by atoms with Crippen molar-refractivity contribution in [3.63, 3.8) is 0 Å². The summed E-state index contributed by atoms with van der Waals surface area (Å²) in [7, 11) is 0. The van der Waals surface area contributed by atoms with Gasteiger partial charge in [0.15, 0.2) is 0 Å². The Bertz CT molecular complexity index is 982. The largest absolute Gasteiger partial charge is 0.277 e. The minimum Gasteiger partial charge on any atom is -0.277 e. The summed E-state index contributed by atoms with van der Waals surface area (Å²) in [6.45, 7) is 0. The molecule has 3 aromatic rings. The monoisotopic (exact) mass is 353 g/mol. The summed E-state index contributed by atoms with van der Waals surface area (Å²) in [5.41, 5.74) is 4.12. The molecule has 0 spiro atoms. The van der Waals surface area contributed by atoms with Crippen LogP contribution in [0.4, 0.5) is 10.1 Å². The van der Waals surface area contributed by atoms with Crippen LogP contribution in [0.3, 0.4) is 0 Å². The first kappa shape index (κ1) is 17.0. The van der Waals surface area contributed by atoms with Crippen molar-refractivity contribution in [3.8, 4) is 11.3 Å². The van der Waals surface area contributed by atoms with Gasteiger partial charge in [-0.1, -0.05) is 6.07 Å². The average Bonchev–Trinajstić information content (AvgIpc) is 3.11. The predicted molar refractivity (Wildman–Crippen MR) is 92.1 cm³/mol. The molecule has 0 fully saturated rings. The van der Waals surface area contributed by atoms with Crippen LogP contribution in [-0.2, 0) is 0 Å². The number of nitrogens with zero attached hydrogens (tertiary/aromatic N) is 3. The summed E-state index contributed by atoms with van der Waals surface area (Å²) in [6.07, 6.45) is 2.87. The molecule has 0 bridgehead atoms. The lowest BCUT2D eigenvalue weighted by Gasteiger charge is -2.01. The van der Waals surface area contributed by atoms with Crippen LogP contribution in [0.1, 0.15) is 15.9 Å². The first-order valence-electron chi connectivity index (χ1n) is 7.42. The molecule has 0 saturated carbocycles. The maximum Gasteiger partial charge on any atom is 0.271 e. The van der Waals surface area contributed by atoms with Crippen LogP contribution in [0, 0.1) is 15.9 Å². The number of nitro groups is 1. The fraction of sp³-hybridized carbons (Fsp3) is 0. The average molecular weight is 353 g/mol. The number of halogens is 1. The van der Waals surface area contributed by atoms with Gasteiger partial charge < -0.3 is 0 Å². The number of H-pyrrole nitrogens is 1. The zero-order chi connectivity index (χ0) is 18.5. The van der Waals surface area contributed by atoms with Gasteiger partial charge in [0.25, 0.3) is 11.6 Å². The number of carbonyl (C=O) groups is 1. The van der Waals surface area contributed by atoms with E-state index in [-0.39, 0.29) is 17.1 Å². The highest BCUT2D eigenvalue weighted by Crippen LogP contribution is 2.20. The van der Waals surface area contributed by atoms with Crippen molar-refractivity contribution in [1.29, 1.82) is 0 Å². The standard InChI is InChI=1S/C17H12FN5O3/c18-14-6-4-11(5-7-14)16-13(9-19-21-16)10-20-22-17(24)12-2-1-3-15(8-12)23(25)26/h1-10H,(H,19,21)(H,22,24)/b20-10-. The highest BCUT2D eigenvalue weighted by atomic mass is 19.1. The van der Waals surface area contributed by atoms with Crippen molar-refractivity contribution in [2.24, 2.45) is 5.10 Å². The Morgan fingerprint density at radius 1 is 1.27 bits per heavy atom. The zero-order valence-corrected chi connectivity index (χ0v) is 13.2. The number of nitrogens with one attached hydrogen (secondary N) is 2. The topological polar surface area (TPSA) is 113 Å². The number of hydrazone groups is 1. The van der Waals surface area contributed by atoms with E-state index in [0.717, 1.165) is 6.07 Å².